The van der Waals surface area contributed by atoms with Crippen LogP contribution in [-0.2, 0) is 6.42 Å². The van der Waals surface area contributed by atoms with Gasteiger partial charge in [0.15, 0.2) is 0 Å². The summed E-state index contributed by atoms with van der Waals surface area (Å²) in [6, 6.07) is 3.17. The van der Waals surface area contributed by atoms with Crippen LogP contribution in [0.5, 0.6) is 0 Å². The lowest BCUT2D eigenvalue weighted by molar-refractivity contribution is 0.133. The molecule has 1 aromatic rings. The van der Waals surface area contributed by atoms with E-state index in [0.29, 0.717) is 18.3 Å². The Labute approximate surface area is 132 Å². The van der Waals surface area contributed by atoms with E-state index in [2.05, 4.69) is 12.7 Å². The summed E-state index contributed by atoms with van der Waals surface area (Å²) < 4.78 is 28.1. The standard InChI is InChI=1S/C20H26F2/c1-3-13-5-6-15-10-16(8-7-14(15)9-13)17-11-19(21)18(4-2)20(22)12-17/h3,11-16H,1,4-10H2,2H3/t13-,14-,15-,16?/m1/s1. The average molecular weight is 304 g/mol. The smallest absolute Gasteiger partial charge is 0.129 e. The lowest BCUT2D eigenvalue weighted by Crippen LogP contribution is -2.30. The molecule has 2 heteroatoms. The summed E-state index contributed by atoms with van der Waals surface area (Å²) in [4.78, 5) is 0. The minimum Gasteiger partial charge on any atom is -0.207 e. The van der Waals surface area contributed by atoms with Crippen molar-refractivity contribution in [3.8, 4) is 0 Å². The van der Waals surface area contributed by atoms with Gasteiger partial charge in [0.1, 0.15) is 11.6 Å². The highest BCUT2D eigenvalue weighted by Crippen LogP contribution is 2.47. The number of allylic oxidation sites excluding steroid dienone is 1. The molecule has 120 valence electrons. The number of hydrogen-bond donors (Lipinski definition) is 0. The summed E-state index contributed by atoms with van der Waals surface area (Å²) in [5.41, 5.74) is 1.10. The fourth-order valence-corrected chi connectivity index (χ4v) is 4.64. The number of fused-ring (bicyclic) bond motifs is 1. The molecule has 22 heavy (non-hydrogen) atoms. The lowest BCUT2D eigenvalue weighted by Gasteiger charge is -2.41. The highest BCUT2D eigenvalue weighted by molar-refractivity contribution is 5.29. The Hall–Kier alpha value is -1.18. The van der Waals surface area contributed by atoms with Crippen LogP contribution in [0.2, 0.25) is 0 Å². The van der Waals surface area contributed by atoms with Crippen molar-refractivity contribution < 1.29 is 8.78 Å². The van der Waals surface area contributed by atoms with Crippen molar-refractivity contribution in [2.45, 2.75) is 57.8 Å². The van der Waals surface area contributed by atoms with Crippen LogP contribution in [0, 0.1) is 29.4 Å². The fourth-order valence-electron chi connectivity index (χ4n) is 4.64. The van der Waals surface area contributed by atoms with Crippen molar-refractivity contribution in [2.24, 2.45) is 17.8 Å². The molecule has 0 N–H and O–H groups in total. The van der Waals surface area contributed by atoms with Crippen molar-refractivity contribution in [1.29, 1.82) is 0 Å². The molecule has 0 saturated heterocycles. The molecule has 2 aliphatic rings. The van der Waals surface area contributed by atoms with Crippen LogP contribution in [0.15, 0.2) is 24.8 Å². The molecule has 0 nitrogen and oxygen atoms in total. The van der Waals surface area contributed by atoms with Crippen LogP contribution in [-0.4, -0.2) is 0 Å². The molecule has 2 fully saturated rings. The fraction of sp³-hybridized carbons (Fsp3) is 0.600. The van der Waals surface area contributed by atoms with Crippen LogP contribution in [0.3, 0.4) is 0 Å². The Balaban J connectivity index is 1.74. The van der Waals surface area contributed by atoms with Gasteiger partial charge in [-0.05, 0) is 86.3 Å². The van der Waals surface area contributed by atoms with E-state index < -0.39 is 0 Å². The third-order valence-corrected chi connectivity index (χ3v) is 5.98. The largest absolute Gasteiger partial charge is 0.207 e. The van der Waals surface area contributed by atoms with Gasteiger partial charge in [0.05, 0.1) is 0 Å². The summed E-state index contributed by atoms with van der Waals surface area (Å²) in [7, 11) is 0. The van der Waals surface area contributed by atoms with E-state index in [4.69, 9.17) is 0 Å². The van der Waals surface area contributed by atoms with Gasteiger partial charge in [0, 0.05) is 5.56 Å². The monoisotopic (exact) mass is 304 g/mol. The molecule has 4 atom stereocenters. The number of benzene rings is 1. The van der Waals surface area contributed by atoms with E-state index in [1.165, 1.54) is 25.7 Å². The number of halogens is 2. The molecular weight excluding hydrogens is 278 g/mol. The minimum absolute atomic E-state index is 0.226. The van der Waals surface area contributed by atoms with Crippen molar-refractivity contribution >= 4 is 0 Å². The van der Waals surface area contributed by atoms with Gasteiger partial charge < -0.3 is 0 Å². The zero-order valence-electron chi connectivity index (χ0n) is 13.5. The molecule has 0 bridgehead atoms. The van der Waals surface area contributed by atoms with Crippen molar-refractivity contribution in [1.82, 2.24) is 0 Å². The zero-order valence-corrected chi connectivity index (χ0v) is 13.5. The van der Waals surface area contributed by atoms with Crippen LogP contribution >= 0.6 is 0 Å². The number of rotatable bonds is 3. The summed E-state index contributed by atoms with van der Waals surface area (Å²) in [6.45, 7) is 5.73. The van der Waals surface area contributed by atoms with E-state index in [9.17, 15) is 8.78 Å². The SMILES string of the molecule is C=C[C@@H]1CC[C@@H]2CC(c3cc(F)c(CC)c(F)c3)CC[C@@H]2C1. The third kappa shape index (κ3) is 2.98. The molecule has 0 aliphatic heterocycles. The first-order chi connectivity index (χ1) is 10.6. The number of hydrogen-bond acceptors (Lipinski definition) is 0. The second kappa shape index (κ2) is 6.52. The van der Waals surface area contributed by atoms with Crippen LogP contribution in [0.4, 0.5) is 8.78 Å². The Morgan fingerprint density at radius 3 is 2.32 bits per heavy atom. The Morgan fingerprint density at radius 1 is 1.05 bits per heavy atom. The van der Waals surface area contributed by atoms with E-state index in [0.717, 1.165) is 30.2 Å². The highest BCUT2D eigenvalue weighted by atomic mass is 19.1. The topological polar surface area (TPSA) is 0 Å². The lowest BCUT2D eigenvalue weighted by atomic mass is 9.64. The molecule has 0 aromatic heterocycles. The second-order valence-corrected chi connectivity index (χ2v) is 7.16. The first-order valence-corrected chi connectivity index (χ1v) is 8.72. The van der Waals surface area contributed by atoms with Gasteiger partial charge in [-0.1, -0.05) is 13.0 Å². The molecule has 1 unspecified atom stereocenters. The molecular formula is C20H26F2. The maximum absolute atomic E-state index is 14.0. The molecule has 0 radical (unpaired) electrons. The quantitative estimate of drug-likeness (QED) is 0.600. The van der Waals surface area contributed by atoms with Gasteiger partial charge in [-0.2, -0.15) is 0 Å². The zero-order chi connectivity index (χ0) is 15.7. The Morgan fingerprint density at radius 2 is 1.68 bits per heavy atom. The molecule has 0 heterocycles. The molecule has 0 spiro atoms. The first-order valence-electron chi connectivity index (χ1n) is 8.72. The Kier molecular flexibility index (Phi) is 4.65. The first kappa shape index (κ1) is 15.7. The molecule has 0 amide bonds. The Bertz CT molecular complexity index is 526. The predicted molar refractivity (Wildman–Crippen MR) is 86.8 cm³/mol. The predicted octanol–water partition coefficient (Wildman–Crippen LogP) is 6.01. The van der Waals surface area contributed by atoms with E-state index in [1.54, 1.807) is 19.1 Å². The average Bonchev–Trinajstić information content (AvgIpc) is 2.53. The summed E-state index contributed by atoms with van der Waals surface area (Å²) >= 11 is 0. The summed E-state index contributed by atoms with van der Waals surface area (Å²) in [6.07, 6.45) is 9.61. The van der Waals surface area contributed by atoms with E-state index in [-0.39, 0.29) is 17.2 Å². The minimum atomic E-state index is -0.366. The molecule has 2 aliphatic carbocycles. The van der Waals surface area contributed by atoms with Gasteiger partial charge in [-0.15, -0.1) is 6.58 Å². The molecule has 1 aromatic carbocycles. The van der Waals surface area contributed by atoms with Gasteiger partial charge in [-0.3, -0.25) is 0 Å². The van der Waals surface area contributed by atoms with Crippen molar-refractivity contribution in [2.75, 3.05) is 0 Å². The second-order valence-electron chi connectivity index (χ2n) is 7.16. The summed E-state index contributed by atoms with van der Waals surface area (Å²) in [5.74, 6) is 1.79. The maximum atomic E-state index is 14.0. The van der Waals surface area contributed by atoms with Crippen molar-refractivity contribution in [3.05, 3.63) is 47.5 Å². The molecule has 2 saturated carbocycles. The summed E-state index contributed by atoms with van der Waals surface area (Å²) in [5, 5.41) is 0. The van der Waals surface area contributed by atoms with Gasteiger partial charge in [-0.25, -0.2) is 8.78 Å². The van der Waals surface area contributed by atoms with Crippen LogP contribution in [0.25, 0.3) is 0 Å². The normalized spacial score (nSPS) is 31.6. The van der Waals surface area contributed by atoms with Gasteiger partial charge in [0.2, 0.25) is 0 Å². The van der Waals surface area contributed by atoms with E-state index in [1.807, 2.05) is 0 Å². The van der Waals surface area contributed by atoms with Gasteiger partial charge >= 0.3 is 0 Å². The van der Waals surface area contributed by atoms with E-state index >= 15 is 0 Å². The van der Waals surface area contributed by atoms with Gasteiger partial charge in [0.25, 0.3) is 0 Å². The highest BCUT2D eigenvalue weighted by Gasteiger charge is 2.35. The molecule has 3 rings (SSSR count). The third-order valence-electron chi connectivity index (χ3n) is 5.98. The van der Waals surface area contributed by atoms with Crippen LogP contribution in [0.1, 0.15) is 62.5 Å². The maximum Gasteiger partial charge on any atom is 0.129 e. The van der Waals surface area contributed by atoms with Crippen LogP contribution < -0.4 is 0 Å². The van der Waals surface area contributed by atoms with Crippen molar-refractivity contribution in [3.63, 3.8) is 0 Å².